The van der Waals surface area contributed by atoms with Crippen LogP contribution in [-0.4, -0.2) is 12.5 Å². The third-order valence-electron chi connectivity index (χ3n) is 3.33. The molecule has 5 heteroatoms. The maximum absolute atomic E-state index is 12.4. The van der Waals surface area contributed by atoms with Crippen molar-refractivity contribution in [3.05, 3.63) is 64.2 Å². The number of nitrogens with zero attached hydrogens (tertiary/aromatic N) is 1. The number of amides is 1. The lowest BCUT2D eigenvalue weighted by Gasteiger charge is -2.09. The van der Waals surface area contributed by atoms with E-state index in [4.69, 9.17) is 16.3 Å². The first kappa shape index (κ1) is 17.6. The summed E-state index contributed by atoms with van der Waals surface area (Å²) >= 11 is 6.01. The molecule has 0 radical (unpaired) electrons. The fourth-order valence-corrected chi connectivity index (χ4v) is 2.31. The molecule has 2 rings (SSSR count). The molecule has 0 spiro atoms. The molecule has 0 heterocycles. The van der Waals surface area contributed by atoms with Crippen LogP contribution in [0.1, 0.15) is 18.1 Å². The number of hydrogen-bond acceptors (Lipinski definition) is 3. The highest BCUT2D eigenvalue weighted by Gasteiger charge is 2.12. The lowest BCUT2D eigenvalue weighted by Crippen LogP contribution is -2.14. The number of hydrogen-bond donors (Lipinski definition) is 1. The van der Waals surface area contributed by atoms with Crippen LogP contribution in [0, 0.1) is 18.3 Å². The Hall–Kier alpha value is -2.77. The van der Waals surface area contributed by atoms with Crippen molar-refractivity contribution in [2.45, 2.75) is 13.8 Å². The molecule has 0 saturated heterocycles. The van der Waals surface area contributed by atoms with Crippen LogP contribution < -0.4 is 10.1 Å². The molecule has 24 heavy (non-hydrogen) atoms. The first-order valence-electron chi connectivity index (χ1n) is 7.46. The second-order valence-electron chi connectivity index (χ2n) is 5.05. The zero-order chi connectivity index (χ0) is 17.5. The van der Waals surface area contributed by atoms with Gasteiger partial charge in [0.25, 0.3) is 5.91 Å². The molecule has 122 valence electrons. The Kier molecular flexibility index (Phi) is 6.00. The van der Waals surface area contributed by atoms with Gasteiger partial charge in [-0.15, -0.1) is 0 Å². The highest BCUT2D eigenvalue weighted by molar-refractivity contribution is 6.30. The molecule has 4 nitrogen and oxygen atoms in total. The van der Waals surface area contributed by atoms with Crippen LogP contribution in [0.3, 0.4) is 0 Å². The van der Waals surface area contributed by atoms with Crippen molar-refractivity contribution >= 4 is 29.3 Å². The van der Waals surface area contributed by atoms with E-state index < -0.39 is 5.91 Å². The molecule has 1 amide bonds. The van der Waals surface area contributed by atoms with Gasteiger partial charge in [-0.2, -0.15) is 5.26 Å². The van der Waals surface area contributed by atoms with Crippen LogP contribution in [0.4, 0.5) is 5.69 Å². The van der Waals surface area contributed by atoms with Crippen molar-refractivity contribution in [1.29, 1.82) is 5.26 Å². The Morgan fingerprint density at radius 3 is 2.75 bits per heavy atom. The fourth-order valence-electron chi connectivity index (χ4n) is 2.13. The molecule has 1 N–H and O–H groups in total. The number of nitrogens with one attached hydrogen (secondary N) is 1. The Balaban J connectivity index is 2.33. The monoisotopic (exact) mass is 340 g/mol. The minimum atomic E-state index is -0.478. The number of para-hydroxylation sites is 1. The highest BCUT2D eigenvalue weighted by atomic mass is 35.5. The fraction of sp³-hybridized carbons (Fsp3) is 0.158. The Morgan fingerprint density at radius 2 is 2.08 bits per heavy atom. The van der Waals surface area contributed by atoms with Crippen LogP contribution in [0.5, 0.6) is 5.75 Å². The molecule has 0 aromatic heterocycles. The van der Waals surface area contributed by atoms with Crippen LogP contribution >= 0.6 is 11.6 Å². The second kappa shape index (κ2) is 8.19. The van der Waals surface area contributed by atoms with Gasteiger partial charge in [-0.05, 0) is 49.8 Å². The highest BCUT2D eigenvalue weighted by Crippen LogP contribution is 2.25. The van der Waals surface area contributed by atoms with E-state index in [0.717, 1.165) is 5.56 Å². The van der Waals surface area contributed by atoms with E-state index in [-0.39, 0.29) is 5.57 Å². The second-order valence-corrected chi connectivity index (χ2v) is 5.49. The number of nitriles is 1. The van der Waals surface area contributed by atoms with E-state index in [1.807, 2.05) is 38.1 Å². The summed E-state index contributed by atoms with van der Waals surface area (Å²) in [5, 5.41) is 12.6. The summed E-state index contributed by atoms with van der Waals surface area (Å²) in [6.07, 6.45) is 1.48. The summed E-state index contributed by atoms with van der Waals surface area (Å²) < 4.78 is 5.51. The number of carbonyl (C=O) groups is 1. The van der Waals surface area contributed by atoms with E-state index >= 15 is 0 Å². The minimum absolute atomic E-state index is 0.0264. The summed E-state index contributed by atoms with van der Waals surface area (Å²) in [7, 11) is 0. The van der Waals surface area contributed by atoms with Gasteiger partial charge in [-0.1, -0.05) is 29.8 Å². The van der Waals surface area contributed by atoms with E-state index in [1.165, 1.54) is 6.08 Å². The lowest BCUT2D eigenvalue weighted by molar-refractivity contribution is -0.112. The standard InChI is InChI=1S/C19H17ClN2O2/c1-3-24-18-9-8-16(20)11-14(18)10-15(12-21)19(23)22-17-7-5-4-6-13(17)2/h4-11H,3H2,1-2H3,(H,22,23)/b15-10-. The molecule has 0 aliphatic heterocycles. The van der Waals surface area contributed by atoms with Gasteiger partial charge < -0.3 is 10.1 Å². The van der Waals surface area contributed by atoms with Crippen molar-refractivity contribution < 1.29 is 9.53 Å². The Labute approximate surface area is 146 Å². The quantitative estimate of drug-likeness (QED) is 0.639. The van der Waals surface area contributed by atoms with Gasteiger partial charge in [0.15, 0.2) is 0 Å². The van der Waals surface area contributed by atoms with Crippen LogP contribution in [0.2, 0.25) is 5.02 Å². The van der Waals surface area contributed by atoms with Gasteiger partial charge in [0.05, 0.1) is 6.61 Å². The molecular formula is C19H17ClN2O2. The zero-order valence-electron chi connectivity index (χ0n) is 13.5. The van der Waals surface area contributed by atoms with Crippen molar-refractivity contribution in [2.24, 2.45) is 0 Å². The molecule has 2 aromatic rings. The first-order chi connectivity index (χ1) is 11.5. The van der Waals surface area contributed by atoms with Crippen molar-refractivity contribution in [3.63, 3.8) is 0 Å². The zero-order valence-corrected chi connectivity index (χ0v) is 14.2. The van der Waals surface area contributed by atoms with Crippen molar-refractivity contribution in [2.75, 3.05) is 11.9 Å². The van der Waals surface area contributed by atoms with E-state index in [1.54, 1.807) is 24.3 Å². The number of aryl methyl sites for hydroxylation is 1. The topological polar surface area (TPSA) is 62.1 Å². The maximum Gasteiger partial charge on any atom is 0.266 e. The number of halogens is 1. The van der Waals surface area contributed by atoms with Crippen LogP contribution in [0.15, 0.2) is 48.0 Å². The molecule has 0 aliphatic carbocycles. The smallest absolute Gasteiger partial charge is 0.266 e. The van der Waals surface area contributed by atoms with Gasteiger partial charge in [0.2, 0.25) is 0 Å². The Bertz CT molecular complexity index is 822. The molecule has 0 aliphatic rings. The molecular weight excluding hydrogens is 324 g/mol. The van der Waals surface area contributed by atoms with Gasteiger partial charge in [-0.25, -0.2) is 0 Å². The molecule has 2 aromatic carbocycles. The molecule has 0 bridgehead atoms. The molecule has 0 saturated carbocycles. The predicted octanol–water partition coefficient (Wildman–Crippen LogP) is 4.59. The molecule has 0 fully saturated rings. The molecule has 0 unspecified atom stereocenters. The number of anilines is 1. The number of rotatable bonds is 5. The van der Waals surface area contributed by atoms with E-state index in [0.29, 0.717) is 28.6 Å². The van der Waals surface area contributed by atoms with Crippen LogP contribution in [0.25, 0.3) is 6.08 Å². The first-order valence-corrected chi connectivity index (χ1v) is 7.84. The van der Waals surface area contributed by atoms with E-state index in [2.05, 4.69) is 5.32 Å². The summed E-state index contributed by atoms with van der Waals surface area (Å²) in [6.45, 7) is 4.22. The van der Waals surface area contributed by atoms with Gasteiger partial charge in [-0.3, -0.25) is 4.79 Å². The lowest BCUT2D eigenvalue weighted by atomic mass is 10.1. The van der Waals surface area contributed by atoms with Crippen LogP contribution in [-0.2, 0) is 4.79 Å². The van der Waals surface area contributed by atoms with Gasteiger partial charge in [0, 0.05) is 16.3 Å². The average molecular weight is 341 g/mol. The summed E-state index contributed by atoms with van der Waals surface area (Å²) in [5.74, 6) is 0.0903. The number of carbonyl (C=O) groups excluding carboxylic acids is 1. The summed E-state index contributed by atoms with van der Waals surface area (Å²) in [6, 6.07) is 14.4. The number of ether oxygens (including phenoxy) is 1. The van der Waals surface area contributed by atoms with E-state index in [9.17, 15) is 10.1 Å². The van der Waals surface area contributed by atoms with Gasteiger partial charge in [0.1, 0.15) is 17.4 Å². The summed E-state index contributed by atoms with van der Waals surface area (Å²) in [4.78, 5) is 12.4. The SMILES string of the molecule is CCOc1ccc(Cl)cc1/C=C(/C#N)C(=O)Nc1ccccc1C. The third-order valence-corrected chi connectivity index (χ3v) is 3.56. The minimum Gasteiger partial charge on any atom is -0.493 e. The summed E-state index contributed by atoms with van der Waals surface area (Å²) in [5.41, 5.74) is 2.14. The maximum atomic E-state index is 12.4. The molecule has 0 atom stereocenters. The predicted molar refractivity (Wildman–Crippen MR) is 96.0 cm³/mol. The van der Waals surface area contributed by atoms with Gasteiger partial charge >= 0.3 is 0 Å². The third kappa shape index (κ3) is 4.37. The normalized spacial score (nSPS) is 10.8. The average Bonchev–Trinajstić information content (AvgIpc) is 2.57. The van der Waals surface area contributed by atoms with Crippen molar-refractivity contribution in [3.8, 4) is 11.8 Å². The Morgan fingerprint density at radius 1 is 1.33 bits per heavy atom. The largest absolute Gasteiger partial charge is 0.493 e. The van der Waals surface area contributed by atoms with Crippen molar-refractivity contribution in [1.82, 2.24) is 0 Å². The number of benzene rings is 2.